The lowest BCUT2D eigenvalue weighted by Gasteiger charge is -2.11. The number of H-pyrrole nitrogens is 1. The number of aromatic amines is 1. The van der Waals surface area contributed by atoms with Crippen LogP contribution < -0.4 is 5.56 Å². The van der Waals surface area contributed by atoms with Crippen LogP contribution in [0.3, 0.4) is 0 Å². The Balaban J connectivity index is 2.63. The molecule has 1 aromatic carbocycles. The van der Waals surface area contributed by atoms with Crippen molar-refractivity contribution in [2.24, 2.45) is 0 Å². The lowest BCUT2D eigenvalue weighted by molar-refractivity contribution is 0.833. The van der Waals surface area contributed by atoms with Crippen LogP contribution in [0, 0.1) is 0 Å². The van der Waals surface area contributed by atoms with Crippen molar-refractivity contribution in [1.29, 1.82) is 0 Å². The molecule has 0 atom stereocenters. The average Bonchev–Trinajstić information content (AvgIpc) is 2.38. The minimum absolute atomic E-state index is 0.0445. The van der Waals surface area contributed by atoms with Crippen molar-refractivity contribution in [1.82, 2.24) is 9.97 Å². The van der Waals surface area contributed by atoms with E-state index in [0.29, 0.717) is 0 Å². The lowest BCUT2D eigenvalue weighted by atomic mass is 9.97. The minimum Gasteiger partial charge on any atom is -0.313 e. The Kier molecular flexibility index (Phi) is 3.60. The predicted octanol–water partition coefficient (Wildman–Crippen LogP) is 3.12. The van der Waals surface area contributed by atoms with E-state index in [2.05, 4.69) is 29.0 Å². The summed E-state index contributed by atoms with van der Waals surface area (Å²) < 4.78 is 0. The topological polar surface area (TPSA) is 45.8 Å². The van der Waals surface area contributed by atoms with Crippen LogP contribution in [0.1, 0.15) is 37.8 Å². The second-order valence-corrected chi connectivity index (χ2v) is 4.70. The number of hydrogen-bond acceptors (Lipinski definition) is 2. The third kappa shape index (κ3) is 2.35. The molecule has 0 bridgehead atoms. The molecule has 0 unspecified atom stereocenters. The Morgan fingerprint density at radius 1 is 1.33 bits per heavy atom. The maximum absolute atomic E-state index is 11.9. The van der Waals surface area contributed by atoms with Gasteiger partial charge in [-0.05, 0) is 24.0 Å². The SMILES string of the molecule is CCc1cccc(-c2nc[nH]c(=O)c2C(C)C)c1. The van der Waals surface area contributed by atoms with Gasteiger partial charge in [0.1, 0.15) is 0 Å². The van der Waals surface area contributed by atoms with Gasteiger partial charge < -0.3 is 4.98 Å². The Bertz CT molecular complexity index is 599. The second-order valence-electron chi connectivity index (χ2n) is 4.70. The second kappa shape index (κ2) is 5.17. The summed E-state index contributed by atoms with van der Waals surface area (Å²) in [5.74, 6) is 0.155. The molecule has 0 radical (unpaired) electrons. The van der Waals surface area contributed by atoms with E-state index in [0.717, 1.165) is 23.2 Å². The maximum Gasteiger partial charge on any atom is 0.254 e. The summed E-state index contributed by atoms with van der Waals surface area (Å²) in [7, 11) is 0. The fraction of sp³-hybridized carbons (Fsp3) is 0.333. The summed E-state index contributed by atoms with van der Waals surface area (Å²) in [6.45, 7) is 6.15. The Labute approximate surface area is 107 Å². The number of nitrogens with zero attached hydrogens (tertiary/aromatic N) is 1. The smallest absolute Gasteiger partial charge is 0.254 e. The Morgan fingerprint density at radius 2 is 2.11 bits per heavy atom. The van der Waals surface area contributed by atoms with Crippen LogP contribution in [0.15, 0.2) is 35.4 Å². The van der Waals surface area contributed by atoms with Crippen LogP contribution in [0.5, 0.6) is 0 Å². The third-order valence-corrected chi connectivity index (χ3v) is 3.08. The number of hydrogen-bond donors (Lipinski definition) is 1. The van der Waals surface area contributed by atoms with Crippen molar-refractivity contribution >= 4 is 0 Å². The van der Waals surface area contributed by atoms with Crippen molar-refractivity contribution in [2.75, 3.05) is 0 Å². The molecular weight excluding hydrogens is 224 g/mol. The highest BCUT2D eigenvalue weighted by Gasteiger charge is 2.14. The van der Waals surface area contributed by atoms with Gasteiger partial charge in [0.15, 0.2) is 0 Å². The molecule has 1 heterocycles. The van der Waals surface area contributed by atoms with E-state index in [-0.39, 0.29) is 11.5 Å². The van der Waals surface area contributed by atoms with E-state index in [4.69, 9.17) is 0 Å². The first-order chi connectivity index (χ1) is 8.63. The highest BCUT2D eigenvalue weighted by Crippen LogP contribution is 2.24. The van der Waals surface area contributed by atoms with Crippen molar-refractivity contribution < 1.29 is 0 Å². The molecule has 0 fully saturated rings. The molecule has 0 saturated heterocycles. The number of aromatic nitrogens is 2. The lowest BCUT2D eigenvalue weighted by Crippen LogP contribution is -2.16. The van der Waals surface area contributed by atoms with Gasteiger partial charge in [-0.1, -0.05) is 39.0 Å². The molecule has 0 aliphatic carbocycles. The van der Waals surface area contributed by atoms with Gasteiger partial charge in [-0.2, -0.15) is 0 Å². The zero-order valence-corrected chi connectivity index (χ0v) is 11.0. The Morgan fingerprint density at radius 3 is 2.78 bits per heavy atom. The molecule has 94 valence electrons. The molecule has 3 nitrogen and oxygen atoms in total. The summed E-state index contributed by atoms with van der Waals surface area (Å²) in [5.41, 5.74) is 3.78. The minimum atomic E-state index is -0.0445. The summed E-state index contributed by atoms with van der Waals surface area (Å²) in [5, 5.41) is 0. The molecule has 18 heavy (non-hydrogen) atoms. The molecular formula is C15H18N2O. The number of rotatable bonds is 3. The molecule has 0 amide bonds. The van der Waals surface area contributed by atoms with Crippen LogP contribution in [-0.2, 0) is 6.42 Å². The van der Waals surface area contributed by atoms with Crippen LogP contribution in [0.25, 0.3) is 11.3 Å². The molecule has 2 aromatic rings. The fourth-order valence-electron chi connectivity index (χ4n) is 2.11. The van der Waals surface area contributed by atoms with Crippen LogP contribution in [0.2, 0.25) is 0 Å². The van der Waals surface area contributed by atoms with E-state index >= 15 is 0 Å². The van der Waals surface area contributed by atoms with Gasteiger partial charge in [0.25, 0.3) is 5.56 Å². The van der Waals surface area contributed by atoms with E-state index in [1.54, 1.807) is 0 Å². The van der Waals surface area contributed by atoms with Gasteiger partial charge >= 0.3 is 0 Å². The summed E-state index contributed by atoms with van der Waals surface area (Å²) in [6.07, 6.45) is 2.45. The number of aryl methyl sites for hydroxylation is 1. The van der Waals surface area contributed by atoms with Crippen LogP contribution in [0.4, 0.5) is 0 Å². The summed E-state index contributed by atoms with van der Waals surface area (Å²) in [4.78, 5) is 18.9. The van der Waals surface area contributed by atoms with Crippen molar-refractivity contribution in [3.63, 3.8) is 0 Å². The summed E-state index contributed by atoms with van der Waals surface area (Å²) in [6, 6.07) is 8.22. The van der Waals surface area contributed by atoms with Crippen molar-refractivity contribution in [3.8, 4) is 11.3 Å². The van der Waals surface area contributed by atoms with Crippen LogP contribution in [-0.4, -0.2) is 9.97 Å². The third-order valence-electron chi connectivity index (χ3n) is 3.08. The first-order valence-corrected chi connectivity index (χ1v) is 6.30. The molecule has 3 heteroatoms. The predicted molar refractivity (Wildman–Crippen MR) is 73.8 cm³/mol. The Hall–Kier alpha value is -1.90. The molecule has 0 aliphatic rings. The molecule has 0 aliphatic heterocycles. The normalized spacial score (nSPS) is 10.9. The highest BCUT2D eigenvalue weighted by atomic mass is 16.1. The number of nitrogens with one attached hydrogen (secondary N) is 1. The quantitative estimate of drug-likeness (QED) is 0.898. The van der Waals surface area contributed by atoms with Crippen molar-refractivity contribution in [3.05, 3.63) is 52.1 Å². The van der Waals surface area contributed by atoms with Gasteiger partial charge in [-0.15, -0.1) is 0 Å². The van der Waals surface area contributed by atoms with Crippen molar-refractivity contribution in [2.45, 2.75) is 33.1 Å². The molecule has 1 aromatic heterocycles. The zero-order chi connectivity index (χ0) is 13.1. The highest BCUT2D eigenvalue weighted by molar-refractivity contribution is 5.63. The molecule has 0 saturated carbocycles. The fourth-order valence-corrected chi connectivity index (χ4v) is 2.11. The van der Waals surface area contributed by atoms with Gasteiger partial charge in [-0.25, -0.2) is 4.98 Å². The van der Waals surface area contributed by atoms with E-state index < -0.39 is 0 Å². The largest absolute Gasteiger partial charge is 0.313 e. The number of benzene rings is 1. The van der Waals surface area contributed by atoms with E-state index in [9.17, 15) is 4.79 Å². The first-order valence-electron chi connectivity index (χ1n) is 6.30. The standard InChI is InChI=1S/C15H18N2O/c1-4-11-6-5-7-12(8-11)14-13(10(2)3)15(18)17-9-16-14/h5-10H,4H2,1-3H3,(H,16,17,18). The van der Waals surface area contributed by atoms with Gasteiger partial charge in [0, 0.05) is 11.1 Å². The zero-order valence-electron chi connectivity index (χ0n) is 11.0. The van der Waals surface area contributed by atoms with Gasteiger partial charge in [0.05, 0.1) is 12.0 Å². The molecule has 0 spiro atoms. The van der Waals surface area contributed by atoms with Crippen LogP contribution >= 0.6 is 0 Å². The monoisotopic (exact) mass is 242 g/mol. The van der Waals surface area contributed by atoms with Gasteiger partial charge in [-0.3, -0.25) is 4.79 Å². The first kappa shape index (κ1) is 12.6. The summed E-state index contributed by atoms with van der Waals surface area (Å²) >= 11 is 0. The molecule has 2 rings (SSSR count). The van der Waals surface area contributed by atoms with E-state index in [1.807, 2.05) is 26.0 Å². The van der Waals surface area contributed by atoms with Gasteiger partial charge in [0.2, 0.25) is 0 Å². The average molecular weight is 242 g/mol. The maximum atomic E-state index is 11.9. The van der Waals surface area contributed by atoms with E-state index in [1.165, 1.54) is 11.9 Å². The molecule has 1 N–H and O–H groups in total.